The van der Waals surface area contributed by atoms with Crippen molar-refractivity contribution < 1.29 is 67.0 Å². The lowest BCUT2D eigenvalue weighted by molar-refractivity contribution is -0.139. The Balaban J connectivity index is 0.000000307. The number of hydrogen-bond donors (Lipinski definition) is 7. The van der Waals surface area contributed by atoms with E-state index in [1.165, 1.54) is 18.2 Å². The van der Waals surface area contributed by atoms with Crippen LogP contribution in [0, 0.1) is 5.92 Å². The lowest BCUT2D eigenvalue weighted by Crippen LogP contribution is -2.17. The SMILES string of the molecule is C=C(C)C(=O)CCCNc1ccc(/C=C/C(=O)c2ccc(NC(=O)C(=C)C)cc2)cc1.C=C(C)C(=O)CCCNc1ccc(/C=C/C(=O)c2ccc(NCCCC(=O)C(=C)C)cc2)cc1.C=C(C)C(=O)CCCNc1ccc(C(=O)/C=C/c2ccc(NC(=O)C(C)C)cc2)cc1.C=C(C)C(=O)CCCNc1ccc(C(=O)/C=C/c2ccc(OCCOC(=O)C(=C)C)cc2)cc1. The highest BCUT2D eigenvalue weighted by molar-refractivity contribution is 6.10. The van der Waals surface area contributed by atoms with Crippen molar-refractivity contribution in [3.05, 3.63) is 348 Å². The summed E-state index contributed by atoms with van der Waals surface area (Å²) < 4.78 is 10.5. The maximum absolute atomic E-state index is 12.5. The molecule has 130 heavy (non-hydrogen) atoms. The van der Waals surface area contributed by atoms with Crippen LogP contribution in [0.2, 0.25) is 0 Å². The minimum atomic E-state index is -0.438. The quantitative estimate of drug-likeness (QED) is 0.00806. The van der Waals surface area contributed by atoms with Crippen molar-refractivity contribution in [2.75, 3.05) is 83.2 Å². The van der Waals surface area contributed by atoms with E-state index in [9.17, 15) is 57.5 Å². The molecule has 0 aliphatic rings. The Morgan fingerprint density at radius 1 is 0.285 bits per heavy atom. The van der Waals surface area contributed by atoms with Gasteiger partial charge in [-0.25, -0.2) is 4.79 Å². The summed E-state index contributed by atoms with van der Waals surface area (Å²) in [6.07, 6.45) is 19.3. The zero-order valence-corrected chi connectivity index (χ0v) is 76.4. The van der Waals surface area contributed by atoms with Gasteiger partial charge in [-0.3, -0.25) is 52.7 Å². The van der Waals surface area contributed by atoms with Gasteiger partial charge in [-0.05, 0) is 301 Å². The molecular weight excluding hydrogens is 1630 g/mol. The van der Waals surface area contributed by atoms with E-state index in [2.05, 4.69) is 83.3 Å². The molecule has 0 saturated carbocycles. The number of ketones is 9. The molecule has 0 unspecified atom stereocenters. The summed E-state index contributed by atoms with van der Waals surface area (Å²) in [4.78, 5) is 142. The van der Waals surface area contributed by atoms with Gasteiger partial charge in [0.25, 0.3) is 5.91 Å². The van der Waals surface area contributed by atoms with Gasteiger partial charge in [-0.15, -0.1) is 0 Å². The molecule has 678 valence electrons. The maximum Gasteiger partial charge on any atom is 0.333 e. The Morgan fingerprint density at radius 2 is 0.515 bits per heavy atom. The van der Waals surface area contributed by atoms with Crippen LogP contribution in [0.25, 0.3) is 24.3 Å². The topological polar surface area (TPSA) is 308 Å². The van der Waals surface area contributed by atoms with Crippen LogP contribution in [0.3, 0.4) is 0 Å². The van der Waals surface area contributed by atoms with Crippen molar-refractivity contribution >= 4 is 134 Å². The van der Waals surface area contributed by atoms with E-state index in [1.807, 2.05) is 135 Å². The molecule has 0 spiro atoms. The van der Waals surface area contributed by atoms with Gasteiger partial charge in [0.15, 0.2) is 52.0 Å². The molecule has 0 aliphatic heterocycles. The second-order valence-corrected chi connectivity index (χ2v) is 31.3. The highest BCUT2D eigenvalue weighted by Crippen LogP contribution is 2.22. The van der Waals surface area contributed by atoms with Crippen LogP contribution in [-0.4, -0.2) is 116 Å². The predicted octanol–water partition coefficient (Wildman–Crippen LogP) is 22.6. The molecule has 7 N–H and O–H groups in total. The largest absolute Gasteiger partial charge is 0.490 e. The molecule has 0 heterocycles. The van der Waals surface area contributed by atoms with Crippen LogP contribution in [0.4, 0.5) is 39.8 Å². The summed E-state index contributed by atoms with van der Waals surface area (Å²) in [7, 11) is 0. The second kappa shape index (κ2) is 57.7. The highest BCUT2D eigenvalue weighted by Gasteiger charge is 2.14. The lowest BCUT2D eigenvalue weighted by atomic mass is 10.1. The molecule has 0 aromatic heterocycles. The van der Waals surface area contributed by atoms with Gasteiger partial charge in [0.1, 0.15) is 19.0 Å². The molecule has 8 rings (SSSR count). The number of nitrogens with one attached hydrogen (secondary N) is 7. The molecule has 21 nitrogen and oxygen atoms in total. The zero-order valence-electron chi connectivity index (χ0n) is 76.4. The summed E-state index contributed by atoms with van der Waals surface area (Å²) in [5.74, 6) is -0.0791. The van der Waals surface area contributed by atoms with Crippen molar-refractivity contribution in [1.82, 2.24) is 0 Å². The fourth-order valence-electron chi connectivity index (χ4n) is 11.2. The smallest absolute Gasteiger partial charge is 0.333 e. The van der Waals surface area contributed by atoms with Gasteiger partial charge in [-0.1, -0.05) is 133 Å². The van der Waals surface area contributed by atoms with Crippen LogP contribution in [0.15, 0.2) is 303 Å². The number of ether oxygens (including phenoxy) is 2. The number of allylic oxidation sites excluding steroid dienone is 9. The van der Waals surface area contributed by atoms with Gasteiger partial charge < -0.3 is 46.7 Å². The molecule has 8 aromatic rings. The predicted molar refractivity (Wildman–Crippen MR) is 531 cm³/mol. The van der Waals surface area contributed by atoms with Gasteiger partial charge in [0.2, 0.25) is 5.91 Å². The Bertz CT molecular complexity index is 5230. The van der Waals surface area contributed by atoms with Crippen LogP contribution in [0.1, 0.15) is 190 Å². The van der Waals surface area contributed by atoms with Crippen molar-refractivity contribution in [1.29, 1.82) is 0 Å². The van der Waals surface area contributed by atoms with Gasteiger partial charge in [0, 0.05) is 144 Å². The number of amides is 2. The number of rotatable bonds is 51. The molecule has 0 radical (unpaired) electrons. The number of hydrogen-bond acceptors (Lipinski definition) is 19. The molecule has 8 aromatic carbocycles. The monoisotopic (exact) mass is 1750 g/mol. The first kappa shape index (κ1) is 106. The number of carbonyl (C=O) groups is 12. The minimum Gasteiger partial charge on any atom is -0.490 e. The Labute approximate surface area is 766 Å². The molecular formula is C109H123N7O14. The highest BCUT2D eigenvalue weighted by atomic mass is 16.6. The standard InChI is InChI=1S/C29H34N2O3.C28H31NO5.C26H30N2O3.C26H28N2O3/c1-21(2)27(32)7-5-19-30-25-14-9-23(10-15-25)11-18-29(34)24-12-16-26(17-13-24)31-20-6-8-28(33)22(3)4;1-20(2)26(30)6-5-17-29-24-12-10-23(11-13-24)27(31)16-9-22-7-14-25(15-8-22)33-18-19-34-28(32)21(3)4;1-18(2)24(29)6-5-17-27-22-14-10-21(11-15-22)25(30)16-9-20-7-12-23(13-8-20)28-26(31)19(3)4;1-18(2)24(29)6-5-17-27-22-12-7-20(8-13-22)9-16-25(30)21-10-14-23(15-11-21)28-26(31)19(3)4/h9-18,30-31H,1,3,5-8,19-20H2,2,4H3;7-16,29H,1,3,5-6,17-19H2,2,4H3;7-16,19,27H,1,5-6,17H2,2-4H3,(H,28,31);7-16,27H,1,3,5-6,17H2,2,4H3,(H,28,31)/b18-11+;3*16-9+. The van der Waals surface area contributed by atoms with E-state index >= 15 is 0 Å². The first-order valence-electron chi connectivity index (χ1n) is 43.1. The number of esters is 1. The fourth-order valence-corrected chi connectivity index (χ4v) is 11.2. The van der Waals surface area contributed by atoms with Crippen molar-refractivity contribution in [3.63, 3.8) is 0 Å². The van der Waals surface area contributed by atoms with E-state index in [0.29, 0.717) is 138 Å². The van der Waals surface area contributed by atoms with Crippen molar-refractivity contribution in [2.45, 2.75) is 127 Å². The summed E-state index contributed by atoms with van der Waals surface area (Å²) in [5, 5.41) is 21.9. The molecule has 0 atom stereocenters. The van der Waals surface area contributed by atoms with E-state index in [0.717, 1.165) is 88.5 Å². The van der Waals surface area contributed by atoms with Crippen molar-refractivity contribution in [2.24, 2.45) is 5.92 Å². The van der Waals surface area contributed by atoms with Gasteiger partial charge in [-0.2, -0.15) is 0 Å². The number of anilines is 7. The Kier molecular flexibility index (Phi) is 46.9. The number of benzene rings is 8. The Hall–Kier alpha value is -14.9. The van der Waals surface area contributed by atoms with E-state index in [-0.39, 0.29) is 83.0 Å². The summed E-state index contributed by atoms with van der Waals surface area (Å²) in [6.45, 7) is 44.8. The summed E-state index contributed by atoms with van der Waals surface area (Å²) in [6, 6.07) is 58.6. The first-order chi connectivity index (χ1) is 62.0. The van der Waals surface area contributed by atoms with E-state index < -0.39 is 5.97 Å². The summed E-state index contributed by atoms with van der Waals surface area (Å²) >= 11 is 0. The molecule has 0 aliphatic carbocycles. The Morgan fingerprint density at radius 3 is 0.754 bits per heavy atom. The molecule has 0 bridgehead atoms. The third kappa shape index (κ3) is 42.4. The normalized spacial score (nSPS) is 10.6. The van der Waals surface area contributed by atoms with Crippen LogP contribution >= 0.6 is 0 Å². The molecule has 21 heteroatoms. The third-order valence-corrected chi connectivity index (χ3v) is 19.3. The average Bonchev–Trinajstić information content (AvgIpc) is 0.878. The van der Waals surface area contributed by atoms with Crippen molar-refractivity contribution in [3.8, 4) is 5.75 Å². The summed E-state index contributed by atoms with van der Waals surface area (Å²) in [5.41, 5.74) is 15.6. The van der Waals surface area contributed by atoms with E-state index in [4.69, 9.17) is 9.47 Å². The van der Waals surface area contributed by atoms with Crippen LogP contribution < -0.4 is 42.0 Å². The van der Waals surface area contributed by atoms with Crippen LogP contribution in [-0.2, 0) is 43.1 Å². The minimum absolute atomic E-state index is 0.0308. The van der Waals surface area contributed by atoms with E-state index in [1.54, 1.807) is 152 Å². The number of Topliss-reactive ketones (excluding diaryl/α,β-unsaturated/α-hetero) is 5. The second-order valence-electron chi connectivity index (χ2n) is 31.3. The number of carbonyl (C=O) groups excluding carboxylic acids is 12. The average molecular weight is 1760 g/mol. The third-order valence-electron chi connectivity index (χ3n) is 19.3. The van der Waals surface area contributed by atoms with Crippen LogP contribution in [0.5, 0.6) is 5.75 Å². The maximum atomic E-state index is 12.5. The fraction of sp³-hybridized carbons (Fsp3) is 0.248. The van der Waals surface area contributed by atoms with Gasteiger partial charge in [0.05, 0.1) is 0 Å². The molecule has 0 fully saturated rings. The van der Waals surface area contributed by atoms with Gasteiger partial charge >= 0.3 is 5.97 Å². The molecule has 0 saturated heterocycles. The molecule has 2 amide bonds. The first-order valence-corrected chi connectivity index (χ1v) is 43.1. The zero-order chi connectivity index (χ0) is 95.5. The lowest BCUT2D eigenvalue weighted by Gasteiger charge is -2.07.